The van der Waals surface area contributed by atoms with Crippen LogP contribution < -0.4 is 21.1 Å². The Morgan fingerprint density at radius 3 is 2.50 bits per heavy atom. The lowest BCUT2D eigenvalue weighted by Crippen LogP contribution is -2.50. The quantitative estimate of drug-likeness (QED) is 0.432. The van der Waals surface area contributed by atoms with Gasteiger partial charge in [0.2, 0.25) is 11.8 Å². The van der Waals surface area contributed by atoms with E-state index < -0.39 is 6.04 Å². The molecule has 10 heteroatoms. The Bertz CT molecular complexity index is 1280. The number of amides is 3. The summed E-state index contributed by atoms with van der Waals surface area (Å²) in [4.78, 5) is 45.1. The molecular weight excluding hydrogens is 478 g/mol. The summed E-state index contributed by atoms with van der Waals surface area (Å²) in [5.41, 5.74) is 6.02. The summed E-state index contributed by atoms with van der Waals surface area (Å²) in [6, 6.07) is 15.5. The number of aromatic nitrogens is 1. The molecule has 1 aliphatic carbocycles. The smallest absolute Gasteiger partial charge is 0.251 e. The Hall–Kier alpha value is -3.92. The van der Waals surface area contributed by atoms with Crippen LogP contribution in [0.5, 0.6) is 11.5 Å². The number of para-hydroxylation sites is 1. The second kappa shape index (κ2) is 9.62. The van der Waals surface area contributed by atoms with E-state index in [0.717, 1.165) is 11.3 Å². The molecule has 2 fully saturated rings. The van der Waals surface area contributed by atoms with Gasteiger partial charge in [0.25, 0.3) is 5.91 Å². The molecule has 1 saturated heterocycles. The van der Waals surface area contributed by atoms with Gasteiger partial charge in [-0.3, -0.25) is 14.4 Å². The lowest BCUT2D eigenvalue weighted by atomic mass is 10.0. The lowest BCUT2D eigenvalue weighted by molar-refractivity contribution is -0.139. The van der Waals surface area contributed by atoms with Crippen molar-refractivity contribution in [1.82, 2.24) is 20.5 Å². The van der Waals surface area contributed by atoms with Gasteiger partial charge in [-0.2, -0.15) is 0 Å². The minimum absolute atomic E-state index is 0.0196. The van der Waals surface area contributed by atoms with Gasteiger partial charge in [0.1, 0.15) is 17.5 Å². The molecular formula is C26H27N5O4S. The fraction of sp³-hybridized carbons (Fsp3) is 0.308. The Labute approximate surface area is 212 Å². The average Bonchev–Trinajstić information content (AvgIpc) is 3.19. The van der Waals surface area contributed by atoms with Gasteiger partial charge in [0.15, 0.2) is 5.13 Å². The Morgan fingerprint density at radius 2 is 1.81 bits per heavy atom. The van der Waals surface area contributed by atoms with Crippen LogP contribution in [0.1, 0.15) is 35.0 Å². The third kappa shape index (κ3) is 5.03. The van der Waals surface area contributed by atoms with Crippen molar-refractivity contribution in [1.29, 1.82) is 0 Å². The van der Waals surface area contributed by atoms with Crippen LogP contribution in [0.3, 0.4) is 0 Å². The van der Waals surface area contributed by atoms with Gasteiger partial charge in [-0.15, -0.1) is 11.3 Å². The van der Waals surface area contributed by atoms with Crippen LogP contribution in [0.2, 0.25) is 0 Å². The van der Waals surface area contributed by atoms with Crippen LogP contribution >= 0.6 is 11.3 Å². The molecule has 4 N–H and O–H groups in total. The first-order valence-electron chi connectivity index (χ1n) is 11.7. The van der Waals surface area contributed by atoms with Crippen LogP contribution in [0.15, 0.2) is 60.8 Å². The molecule has 2 heterocycles. The first-order valence-corrected chi connectivity index (χ1v) is 12.5. The first kappa shape index (κ1) is 23.8. The Kier molecular flexibility index (Phi) is 6.36. The zero-order chi connectivity index (χ0) is 25.3. The van der Waals surface area contributed by atoms with Crippen molar-refractivity contribution in [3.8, 4) is 11.5 Å². The number of carbonyl (C=O) groups excluding carboxylic acids is 3. The van der Waals surface area contributed by atoms with E-state index in [9.17, 15) is 14.4 Å². The van der Waals surface area contributed by atoms with Gasteiger partial charge >= 0.3 is 0 Å². The predicted molar refractivity (Wildman–Crippen MR) is 135 cm³/mol. The third-order valence-electron chi connectivity index (χ3n) is 6.73. The molecule has 2 aliphatic rings. The van der Waals surface area contributed by atoms with Crippen LogP contribution in [0.4, 0.5) is 5.13 Å². The number of nitrogens with two attached hydrogens (primary N) is 1. The number of rotatable bonds is 8. The highest BCUT2D eigenvalue weighted by Crippen LogP contribution is 2.59. The summed E-state index contributed by atoms with van der Waals surface area (Å²) >= 11 is 1.31. The minimum Gasteiger partial charge on any atom is -0.457 e. The number of hydrogen-bond donors (Lipinski definition) is 3. The van der Waals surface area contributed by atoms with E-state index in [1.807, 2.05) is 30.3 Å². The maximum Gasteiger partial charge on any atom is 0.251 e. The topological polar surface area (TPSA) is 127 Å². The lowest BCUT2D eigenvalue weighted by Gasteiger charge is -2.27. The molecule has 0 spiro atoms. The summed E-state index contributed by atoms with van der Waals surface area (Å²) in [5.74, 6) is 0.475. The number of likely N-dealkylation sites (tertiary alicyclic amines) is 1. The summed E-state index contributed by atoms with van der Waals surface area (Å²) in [5, 5.41) is 6.03. The highest BCUT2D eigenvalue weighted by molar-refractivity contribution is 7.15. The molecule has 1 aromatic heterocycles. The number of fused-ring (bicyclic) bond motifs is 1. The zero-order valence-electron chi connectivity index (χ0n) is 19.8. The number of nitrogen functional groups attached to an aromatic ring is 1. The van der Waals surface area contributed by atoms with Gasteiger partial charge in [-0.25, -0.2) is 4.98 Å². The normalized spacial score (nSPS) is 22.0. The third-order valence-corrected chi connectivity index (χ3v) is 7.56. The molecule has 3 atom stereocenters. The zero-order valence-corrected chi connectivity index (χ0v) is 20.6. The van der Waals surface area contributed by atoms with E-state index in [2.05, 4.69) is 22.5 Å². The molecule has 36 heavy (non-hydrogen) atoms. The van der Waals surface area contributed by atoms with E-state index in [4.69, 9.17) is 10.5 Å². The van der Waals surface area contributed by atoms with Crippen LogP contribution in [0.25, 0.3) is 0 Å². The maximum atomic E-state index is 13.1. The largest absolute Gasteiger partial charge is 0.457 e. The fourth-order valence-corrected chi connectivity index (χ4v) is 5.33. The summed E-state index contributed by atoms with van der Waals surface area (Å²) in [6.07, 6.45) is 3.11. The second-order valence-corrected chi connectivity index (χ2v) is 10.5. The van der Waals surface area contributed by atoms with Gasteiger partial charge in [-0.05, 0) is 54.7 Å². The van der Waals surface area contributed by atoms with E-state index in [1.165, 1.54) is 11.3 Å². The molecule has 186 valence electrons. The number of nitrogens with one attached hydrogen (secondary N) is 2. The maximum absolute atomic E-state index is 13.1. The van der Waals surface area contributed by atoms with Crippen molar-refractivity contribution in [2.24, 2.45) is 5.41 Å². The number of benzene rings is 2. The van der Waals surface area contributed by atoms with Crippen molar-refractivity contribution < 1.29 is 19.1 Å². The highest BCUT2D eigenvalue weighted by atomic mass is 32.1. The summed E-state index contributed by atoms with van der Waals surface area (Å²) < 4.78 is 5.75. The Balaban J connectivity index is 1.16. The summed E-state index contributed by atoms with van der Waals surface area (Å²) in [7, 11) is 0. The fourth-order valence-electron chi connectivity index (χ4n) is 4.70. The number of carbonyl (C=O) groups is 3. The summed E-state index contributed by atoms with van der Waals surface area (Å²) in [6.45, 7) is 2.23. The first-order chi connectivity index (χ1) is 17.3. The molecule has 1 unspecified atom stereocenters. The van der Waals surface area contributed by atoms with Gasteiger partial charge in [0.05, 0.1) is 13.1 Å². The van der Waals surface area contributed by atoms with E-state index in [-0.39, 0.29) is 35.7 Å². The molecule has 5 rings (SSSR count). The van der Waals surface area contributed by atoms with Crippen molar-refractivity contribution in [2.75, 3.05) is 12.3 Å². The molecule has 3 amide bonds. The van der Waals surface area contributed by atoms with E-state index in [0.29, 0.717) is 35.2 Å². The number of hydrogen-bond acceptors (Lipinski definition) is 7. The van der Waals surface area contributed by atoms with Crippen molar-refractivity contribution in [3.05, 3.63) is 71.2 Å². The molecule has 0 bridgehead atoms. The molecule has 2 aromatic carbocycles. The highest BCUT2D eigenvalue weighted by Gasteiger charge is 2.64. The number of thiazole rings is 1. The van der Waals surface area contributed by atoms with Crippen LogP contribution in [-0.2, 0) is 16.1 Å². The van der Waals surface area contributed by atoms with E-state index in [1.54, 1.807) is 35.4 Å². The number of nitrogens with zero attached hydrogens (tertiary/aromatic N) is 2. The van der Waals surface area contributed by atoms with Gasteiger partial charge < -0.3 is 26.0 Å². The molecule has 1 saturated carbocycles. The van der Waals surface area contributed by atoms with Crippen molar-refractivity contribution in [3.63, 3.8) is 0 Å². The molecule has 0 radical (unpaired) electrons. The predicted octanol–water partition coefficient (Wildman–Crippen LogP) is 2.94. The molecule has 9 nitrogen and oxygen atoms in total. The van der Waals surface area contributed by atoms with Crippen molar-refractivity contribution in [2.45, 2.75) is 38.4 Å². The molecule has 3 aromatic rings. The van der Waals surface area contributed by atoms with E-state index >= 15 is 0 Å². The second-order valence-electron chi connectivity index (χ2n) is 9.40. The molecule has 1 aliphatic heterocycles. The average molecular weight is 506 g/mol. The minimum atomic E-state index is -0.558. The monoisotopic (exact) mass is 505 g/mol. The SMILES string of the molecule is C[C@]12CC1N(C(=O)CNC(=O)c1ccc(Oc3ccccc3)cc1)[C@H](C(=O)NCc1cnc(N)s1)C2. The van der Waals surface area contributed by atoms with Gasteiger partial charge in [-0.1, -0.05) is 25.1 Å². The number of ether oxygens (including phenoxy) is 1. The van der Waals surface area contributed by atoms with Gasteiger partial charge in [0, 0.05) is 22.7 Å². The number of piperidine rings is 1. The number of anilines is 1. The Morgan fingerprint density at radius 1 is 1.08 bits per heavy atom. The standard InChI is InChI=1S/C26H27N5O4S/c1-26-11-20(24(34)28-13-19-14-30-25(27)36-19)31(21(26)12-26)22(32)15-29-23(33)16-7-9-18(10-8-16)35-17-5-3-2-4-6-17/h2-10,14,20-21H,11-13,15H2,1H3,(H2,27,30)(H,28,34)(H,29,33)/t20-,21?,26-/m0/s1. The van der Waals surface area contributed by atoms with Crippen LogP contribution in [0, 0.1) is 5.41 Å². The van der Waals surface area contributed by atoms with Crippen LogP contribution in [-0.4, -0.2) is 46.2 Å². The van der Waals surface area contributed by atoms with Crippen molar-refractivity contribution >= 4 is 34.2 Å².